The maximum Gasteiger partial charge on any atom is 0.259 e. The number of rotatable bonds is 3. The number of benzene rings is 1. The quantitative estimate of drug-likeness (QED) is 0.666. The molecule has 0 bridgehead atoms. The largest absolute Gasteiger partial charge is 0.355 e. The molecule has 0 radical (unpaired) electrons. The second kappa shape index (κ2) is 6.80. The summed E-state index contributed by atoms with van der Waals surface area (Å²) in [5.41, 5.74) is 2.38. The molecule has 0 aliphatic carbocycles. The summed E-state index contributed by atoms with van der Waals surface area (Å²) < 4.78 is 6.33. The number of carbonyl (C=O) groups excluding carboxylic acids is 1. The maximum absolute atomic E-state index is 12.9. The van der Waals surface area contributed by atoms with Crippen LogP contribution < -0.4 is 0 Å². The van der Waals surface area contributed by atoms with Crippen LogP contribution in [0.15, 0.2) is 63.9 Å². The van der Waals surface area contributed by atoms with Crippen molar-refractivity contribution < 1.29 is 9.32 Å². The van der Waals surface area contributed by atoms with E-state index in [2.05, 4.69) is 26.1 Å². The van der Waals surface area contributed by atoms with Crippen molar-refractivity contribution in [2.45, 2.75) is 12.3 Å². The van der Waals surface area contributed by atoms with E-state index in [0.29, 0.717) is 24.4 Å². The predicted molar refractivity (Wildman–Crippen MR) is 97.1 cm³/mol. The number of amides is 1. The number of hydrogen-bond acceptors (Lipinski definition) is 4. The van der Waals surface area contributed by atoms with Gasteiger partial charge in [0.15, 0.2) is 5.76 Å². The normalized spacial score (nSPS) is 17.0. The number of likely N-dealkylation sites (tertiary alicyclic amines) is 1. The topological polar surface area (TPSA) is 59.2 Å². The van der Waals surface area contributed by atoms with Crippen LogP contribution in [0.25, 0.3) is 11.3 Å². The van der Waals surface area contributed by atoms with Crippen molar-refractivity contribution in [1.82, 2.24) is 15.0 Å². The van der Waals surface area contributed by atoms with E-state index in [0.717, 1.165) is 22.2 Å². The van der Waals surface area contributed by atoms with Crippen molar-refractivity contribution in [2.24, 2.45) is 0 Å². The summed E-state index contributed by atoms with van der Waals surface area (Å²) in [4.78, 5) is 19.2. The molecule has 126 valence electrons. The fourth-order valence-electron chi connectivity index (χ4n) is 3.18. The Morgan fingerprint density at radius 1 is 1.20 bits per heavy atom. The second-order valence-corrected chi connectivity index (χ2v) is 6.98. The molecule has 0 N–H and O–H groups in total. The monoisotopic (exact) mass is 397 g/mol. The van der Waals surface area contributed by atoms with Gasteiger partial charge >= 0.3 is 0 Å². The average molecular weight is 398 g/mol. The smallest absolute Gasteiger partial charge is 0.259 e. The molecule has 3 heterocycles. The molecule has 0 spiro atoms. The van der Waals surface area contributed by atoms with Gasteiger partial charge in [-0.1, -0.05) is 27.2 Å². The van der Waals surface area contributed by atoms with E-state index in [1.54, 1.807) is 6.20 Å². The molecule has 6 heteroatoms. The van der Waals surface area contributed by atoms with Gasteiger partial charge in [-0.25, -0.2) is 0 Å². The van der Waals surface area contributed by atoms with Gasteiger partial charge in [0.1, 0.15) is 5.56 Å². The molecular weight excluding hydrogens is 382 g/mol. The Balaban J connectivity index is 1.55. The lowest BCUT2D eigenvalue weighted by Crippen LogP contribution is -2.28. The van der Waals surface area contributed by atoms with Gasteiger partial charge in [-0.05, 0) is 42.8 Å². The van der Waals surface area contributed by atoms with E-state index < -0.39 is 0 Å². The highest BCUT2D eigenvalue weighted by Crippen LogP contribution is 2.30. The minimum atomic E-state index is -0.0439. The summed E-state index contributed by atoms with van der Waals surface area (Å²) in [5, 5.41) is 3.84. The Hall–Kier alpha value is -2.47. The lowest BCUT2D eigenvalue weighted by atomic mass is 10.0. The molecule has 1 amide bonds. The van der Waals surface area contributed by atoms with Crippen LogP contribution in [0, 0.1) is 0 Å². The number of pyridine rings is 1. The molecule has 4 rings (SSSR count). The number of hydrogen-bond donors (Lipinski definition) is 0. The fourth-order valence-corrected chi connectivity index (χ4v) is 3.44. The lowest BCUT2D eigenvalue weighted by molar-refractivity contribution is 0.0791. The highest BCUT2D eigenvalue weighted by Gasteiger charge is 2.31. The standard InChI is InChI=1S/C19H16BrN3O2/c20-15-6-4-13(5-7-15)18-16(11-22-25-18)19(24)23-10-8-14(12-23)17-3-1-2-9-21-17/h1-7,9,11,14H,8,10,12H2. The fraction of sp³-hybridized carbons (Fsp3) is 0.211. The average Bonchev–Trinajstić information content (AvgIpc) is 3.32. The summed E-state index contributed by atoms with van der Waals surface area (Å²) in [6.45, 7) is 1.38. The molecule has 5 nitrogen and oxygen atoms in total. The van der Waals surface area contributed by atoms with Gasteiger partial charge in [-0.2, -0.15) is 0 Å². The third kappa shape index (κ3) is 3.22. The summed E-state index contributed by atoms with van der Waals surface area (Å²) >= 11 is 3.41. The zero-order chi connectivity index (χ0) is 17.2. The molecule has 3 aromatic rings. The van der Waals surface area contributed by atoms with Gasteiger partial charge in [-0.3, -0.25) is 9.78 Å². The summed E-state index contributed by atoms with van der Waals surface area (Å²) in [7, 11) is 0. The molecule has 1 unspecified atom stereocenters. The van der Waals surface area contributed by atoms with Gasteiger partial charge in [0.25, 0.3) is 5.91 Å². The third-order valence-electron chi connectivity index (χ3n) is 4.49. The van der Waals surface area contributed by atoms with Gasteiger partial charge in [0.2, 0.25) is 0 Å². The molecule has 0 saturated carbocycles. The molecule has 1 atom stereocenters. The van der Waals surface area contributed by atoms with Crippen molar-refractivity contribution in [2.75, 3.05) is 13.1 Å². The Morgan fingerprint density at radius 3 is 2.80 bits per heavy atom. The van der Waals surface area contributed by atoms with Crippen molar-refractivity contribution in [3.8, 4) is 11.3 Å². The van der Waals surface area contributed by atoms with Gasteiger partial charge < -0.3 is 9.42 Å². The molecule has 1 aliphatic heterocycles. The van der Waals surface area contributed by atoms with E-state index >= 15 is 0 Å². The van der Waals surface area contributed by atoms with Crippen LogP contribution in [-0.2, 0) is 0 Å². The molecule has 25 heavy (non-hydrogen) atoms. The first-order valence-electron chi connectivity index (χ1n) is 8.13. The molecule has 2 aromatic heterocycles. The van der Waals surface area contributed by atoms with Crippen molar-refractivity contribution >= 4 is 21.8 Å². The van der Waals surface area contributed by atoms with Crippen molar-refractivity contribution in [3.05, 3.63) is 70.6 Å². The molecule has 1 saturated heterocycles. The zero-order valence-corrected chi connectivity index (χ0v) is 15.0. The predicted octanol–water partition coefficient (Wildman–Crippen LogP) is 4.13. The van der Waals surface area contributed by atoms with Crippen LogP contribution in [0.4, 0.5) is 0 Å². The number of halogens is 1. The number of nitrogens with zero attached hydrogens (tertiary/aromatic N) is 3. The molecule has 1 fully saturated rings. The molecular formula is C19H16BrN3O2. The van der Waals surface area contributed by atoms with Crippen LogP contribution in [0.5, 0.6) is 0 Å². The van der Waals surface area contributed by atoms with Crippen LogP contribution in [0.1, 0.15) is 28.4 Å². The Kier molecular flexibility index (Phi) is 4.36. The van der Waals surface area contributed by atoms with E-state index in [4.69, 9.17) is 4.52 Å². The van der Waals surface area contributed by atoms with Crippen LogP contribution in [-0.4, -0.2) is 34.0 Å². The summed E-state index contributed by atoms with van der Waals surface area (Å²) in [5.74, 6) is 0.748. The van der Waals surface area contributed by atoms with Gasteiger partial charge in [-0.15, -0.1) is 0 Å². The lowest BCUT2D eigenvalue weighted by Gasteiger charge is -2.16. The first-order chi connectivity index (χ1) is 12.2. The third-order valence-corrected chi connectivity index (χ3v) is 5.02. The highest BCUT2D eigenvalue weighted by molar-refractivity contribution is 9.10. The minimum absolute atomic E-state index is 0.0439. The van der Waals surface area contributed by atoms with Crippen LogP contribution in [0.3, 0.4) is 0 Å². The van der Waals surface area contributed by atoms with Gasteiger partial charge in [0, 0.05) is 40.9 Å². The van der Waals surface area contributed by atoms with Crippen LogP contribution >= 0.6 is 15.9 Å². The first kappa shape index (κ1) is 16.0. The Morgan fingerprint density at radius 2 is 2.04 bits per heavy atom. The van der Waals surface area contributed by atoms with Crippen molar-refractivity contribution in [1.29, 1.82) is 0 Å². The number of carbonyl (C=O) groups is 1. The summed E-state index contributed by atoms with van der Waals surface area (Å²) in [6.07, 6.45) is 4.22. The summed E-state index contributed by atoms with van der Waals surface area (Å²) in [6, 6.07) is 13.6. The van der Waals surface area contributed by atoms with Crippen LogP contribution in [0.2, 0.25) is 0 Å². The molecule has 1 aliphatic rings. The zero-order valence-electron chi connectivity index (χ0n) is 13.4. The number of aromatic nitrogens is 2. The Bertz CT molecular complexity index is 877. The SMILES string of the molecule is O=C(c1cnoc1-c1ccc(Br)cc1)N1CCC(c2ccccn2)C1. The van der Waals surface area contributed by atoms with E-state index in [1.807, 2.05) is 47.4 Å². The maximum atomic E-state index is 12.9. The Labute approximate surface area is 153 Å². The second-order valence-electron chi connectivity index (χ2n) is 6.07. The van der Waals surface area contributed by atoms with E-state index in [-0.39, 0.29) is 11.8 Å². The highest BCUT2D eigenvalue weighted by atomic mass is 79.9. The van der Waals surface area contributed by atoms with E-state index in [1.165, 1.54) is 6.20 Å². The van der Waals surface area contributed by atoms with Crippen molar-refractivity contribution in [3.63, 3.8) is 0 Å². The minimum Gasteiger partial charge on any atom is -0.355 e. The van der Waals surface area contributed by atoms with Gasteiger partial charge in [0.05, 0.1) is 6.20 Å². The molecule has 1 aromatic carbocycles. The first-order valence-corrected chi connectivity index (χ1v) is 8.92. The van der Waals surface area contributed by atoms with E-state index in [9.17, 15) is 4.79 Å².